The highest BCUT2D eigenvalue weighted by Gasteiger charge is 2.43. The van der Waals surface area contributed by atoms with Crippen LogP contribution in [0.5, 0.6) is 0 Å². The number of carbonyl (C=O) groups excluding carboxylic acids is 1. The molecule has 2 fully saturated rings. The number of carboxylic acid groups (broad SMARTS) is 1. The number of likely N-dealkylation sites (tertiary alicyclic amines) is 1. The molecular weight excluding hydrogens is 268 g/mol. The third kappa shape index (κ3) is 3.16. The molecule has 2 amide bonds. The summed E-state index contributed by atoms with van der Waals surface area (Å²) < 4.78 is 0. The highest BCUT2D eigenvalue weighted by Crippen LogP contribution is 2.38. The zero-order valence-electron chi connectivity index (χ0n) is 13.4. The first-order valence-corrected chi connectivity index (χ1v) is 8.09. The molecular formula is C16H28N2O3. The van der Waals surface area contributed by atoms with Crippen molar-refractivity contribution in [3.8, 4) is 0 Å². The summed E-state index contributed by atoms with van der Waals surface area (Å²) >= 11 is 0. The quantitative estimate of drug-likeness (QED) is 0.841. The summed E-state index contributed by atoms with van der Waals surface area (Å²) in [6, 6.07) is 0.113. The van der Waals surface area contributed by atoms with Gasteiger partial charge in [-0.25, -0.2) is 4.79 Å². The minimum atomic E-state index is -0.774. The number of aliphatic carboxylic acids is 1. The van der Waals surface area contributed by atoms with Crippen molar-refractivity contribution >= 4 is 12.0 Å². The van der Waals surface area contributed by atoms with Gasteiger partial charge >= 0.3 is 12.0 Å². The number of carboxylic acids is 1. The van der Waals surface area contributed by atoms with Gasteiger partial charge in [-0.3, -0.25) is 4.79 Å². The van der Waals surface area contributed by atoms with Crippen LogP contribution < -0.4 is 5.32 Å². The largest absolute Gasteiger partial charge is 0.481 e. The number of nitrogens with zero attached hydrogens (tertiary/aromatic N) is 1. The predicted molar refractivity (Wildman–Crippen MR) is 81.1 cm³/mol. The zero-order valence-corrected chi connectivity index (χ0v) is 13.4. The van der Waals surface area contributed by atoms with Crippen molar-refractivity contribution in [2.45, 2.75) is 65.3 Å². The highest BCUT2D eigenvalue weighted by molar-refractivity contribution is 5.79. The Hall–Kier alpha value is -1.26. The van der Waals surface area contributed by atoms with Crippen LogP contribution in [0.3, 0.4) is 0 Å². The number of piperidine rings is 1. The Morgan fingerprint density at radius 1 is 1.29 bits per heavy atom. The molecule has 1 saturated heterocycles. The molecule has 21 heavy (non-hydrogen) atoms. The summed E-state index contributed by atoms with van der Waals surface area (Å²) in [6.45, 7) is 7.27. The fourth-order valence-electron chi connectivity index (χ4n) is 3.75. The van der Waals surface area contributed by atoms with Crippen molar-refractivity contribution in [2.24, 2.45) is 10.8 Å². The maximum absolute atomic E-state index is 12.5. The number of hydrogen-bond acceptors (Lipinski definition) is 2. The number of amides is 2. The van der Waals surface area contributed by atoms with E-state index in [0.29, 0.717) is 25.9 Å². The van der Waals surface area contributed by atoms with Gasteiger partial charge in [-0.05, 0) is 37.5 Å². The Labute approximate surface area is 127 Å². The van der Waals surface area contributed by atoms with Crippen LogP contribution in [0, 0.1) is 10.8 Å². The zero-order chi connectivity index (χ0) is 15.7. The molecule has 0 radical (unpaired) electrons. The first kappa shape index (κ1) is 16.1. The first-order chi connectivity index (χ1) is 9.81. The van der Waals surface area contributed by atoms with E-state index < -0.39 is 11.4 Å². The second-order valence-electron chi connectivity index (χ2n) is 7.35. The molecule has 1 heterocycles. The van der Waals surface area contributed by atoms with Gasteiger partial charge in [0.15, 0.2) is 0 Å². The summed E-state index contributed by atoms with van der Waals surface area (Å²) in [5, 5.41) is 12.6. The topological polar surface area (TPSA) is 69.6 Å². The highest BCUT2D eigenvalue weighted by atomic mass is 16.4. The average Bonchev–Trinajstić information content (AvgIpc) is 2.77. The van der Waals surface area contributed by atoms with E-state index in [1.165, 1.54) is 0 Å². The predicted octanol–water partition coefficient (Wildman–Crippen LogP) is 2.85. The SMILES string of the molecule is CCC1(C(=O)O)CCCN(C(=O)NC2CCCC2(C)C)C1. The molecule has 2 atom stereocenters. The van der Waals surface area contributed by atoms with E-state index in [2.05, 4.69) is 19.2 Å². The van der Waals surface area contributed by atoms with Crippen molar-refractivity contribution in [1.29, 1.82) is 0 Å². The van der Waals surface area contributed by atoms with E-state index in [1.54, 1.807) is 4.90 Å². The normalized spacial score (nSPS) is 32.0. The molecule has 5 heteroatoms. The van der Waals surface area contributed by atoms with Gasteiger partial charge in [-0.2, -0.15) is 0 Å². The second-order valence-corrected chi connectivity index (χ2v) is 7.35. The van der Waals surface area contributed by atoms with E-state index in [4.69, 9.17) is 0 Å². The van der Waals surface area contributed by atoms with E-state index in [-0.39, 0.29) is 17.5 Å². The van der Waals surface area contributed by atoms with Crippen molar-refractivity contribution in [3.05, 3.63) is 0 Å². The number of urea groups is 1. The minimum absolute atomic E-state index is 0.0891. The van der Waals surface area contributed by atoms with Crippen LogP contribution in [0.25, 0.3) is 0 Å². The van der Waals surface area contributed by atoms with Crippen LogP contribution in [-0.2, 0) is 4.79 Å². The summed E-state index contributed by atoms with van der Waals surface area (Å²) in [6.07, 6.45) is 5.29. The molecule has 2 N–H and O–H groups in total. The van der Waals surface area contributed by atoms with Gasteiger partial charge in [-0.1, -0.05) is 27.2 Å². The molecule has 0 spiro atoms. The maximum atomic E-state index is 12.5. The Bertz CT molecular complexity index is 422. The molecule has 2 rings (SSSR count). The minimum Gasteiger partial charge on any atom is -0.481 e. The lowest BCUT2D eigenvalue weighted by Gasteiger charge is -2.40. The number of carbonyl (C=O) groups is 2. The standard InChI is InChI=1S/C16H28N2O3/c1-4-16(13(19)20)9-6-10-18(11-16)14(21)17-12-7-5-8-15(12,2)3/h12H,4-11H2,1-3H3,(H,17,21)(H,19,20). The summed E-state index contributed by atoms with van der Waals surface area (Å²) in [7, 11) is 0. The van der Waals surface area contributed by atoms with Crippen molar-refractivity contribution < 1.29 is 14.7 Å². The molecule has 2 aliphatic rings. The molecule has 0 bridgehead atoms. The number of rotatable bonds is 3. The van der Waals surface area contributed by atoms with Crippen molar-refractivity contribution in [1.82, 2.24) is 10.2 Å². The second kappa shape index (κ2) is 5.85. The molecule has 0 aromatic rings. The smallest absolute Gasteiger partial charge is 0.317 e. The number of hydrogen-bond donors (Lipinski definition) is 2. The van der Waals surface area contributed by atoms with Crippen molar-refractivity contribution in [2.75, 3.05) is 13.1 Å². The maximum Gasteiger partial charge on any atom is 0.317 e. The lowest BCUT2D eigenvalue weighted by atomic mass is 9.78. The molecule has 1 saturated carbocycles. The van der Waals surface area contributed by atoms with Crippen LogP contribution in [0.1, 0.15) is 59.3 Å². The van der Waals surface area contributed by atoms with Crippen LogP contribution in [-0.4, -0.2) is 41.1 Å². The third-order valence-corrected chi connectivity index (χ3v) is 5.55. The number of nitrogens with one attached hydrogen (secondary N) is 1. The molecule has 2 unspecified atom stereocenters. The van der Waals surface area contributed by atoms with Gasteiger partial charge in [0.05, 0.1) is 5.41 Å². The van der Waals surface area contributed by atoms with E-state index in [0.717, 1.165) is 25.7 Å². The van der Waals surface area contributed by atoms with Gasteiger partial charge in [0, 0.05) is 19.1 Å². The molecule has 5 nitrogen and oxygen atoms in total. The average molecular weight is 296 g/mol. The van der Waals surface area contributed by atoms with E-state index in [1.807, 2.05) is 6.92 Å². The van der Waals surface area contributed by atoms with Crippen molar-refractivity contribution in [3.63, 3.8) is 0 Å². The summed E-state index contributed by atoms with van der Waals surface area (Å²) in [5.74, 6) is -0.774. The lowest BCUT2D eigenvalue weighted by Crippen LogP contribution is -2.55. The Morgan fingerprint density at radius 3 is 2.52 bits per heavy atom. The molecule has 120 valence electrons. The molecule has 0 aromatic heterocycles. The summed E-state index contributed by atoms with van der Waals surface area (Å²) in [4.78, 5) is 25.8. The van der Waals surface area contributed by atoms with E-state index >= 15 is 0 Å². The third-order valence-electron chi connectivity index (χ3n) is 5.55. The van der Waals surface area contributed by atoms with Gasteiger partial charge in [-0.15, -0.1) is 0 Å². The monoisotopic (exact) mass is 296 g/mol. The van der Waals surface area contributed by atoms with Crippen LogP contribution in [0.15, 0.2) is 0 Å². The van der Waals surface area contributed by atoms with Crippen LogP contribution in [0.2, 0.25) is 0 Å². The Kier molecular flexibility index (Phi) is 4.49. The van der Waals surface area contributed by atoms with Gasteiger partial charge in [0.1, 0.15) is 0 Å². The summed E-state index contributed by atoms with van der Waals surface area (Å²) in [5.41, 5.74) is -0.624. The molecule has 1 aliphatic heterocycles. The van der Waals surface area contributed by atoms with Gasteiger partial charge in [0.25, 0.3) is 0 Å². The fraction of sp³-hybridized carbons (Fsp3) is 0.875. The molecule has 0 aromatic carbocycles. The lowest BCUT2D eigenvalue weighted by molar-refractivity contribution is -0.152. The first-order valence-electron chi connectivity index (χ1n) is 8.09. The van der Waals surface area contributed by atoms with E-state index in [9.17, 15) is 14.7 Å². The van der Waals surface area contributed by atoms with Crippen LogP contribution >= 0.6 is 0 Å². The Morgan fingerprint density at radius 2 is 2.00 bits per heavy atom. The molecule has 1 aliphatic carbocycles. The van der Waals surface area contributed by atoms with Crippen LogP contribution in [0.4, 0.5) is 4.79 Å². The van der Waals surface area contributed by atoms with Gasteiger partial charge < -0.3 is 15.3 Å². The fourth-order valence-corrected chi connectivity index (χ4v) is 3.75. The Balaban J connectivity index is 2.01. The van der Waals surface area contributed by atoms with Gasteiger partial charge in [0.2, 0.25) is 0 Å².